The van der Waals surface area contributed by atoms with Crippen LogP contribution in [0.25, 0.3) is 5.57 Å². The molecule has 4 heteroatoms. The number of carbonyl (C=O) groups is 1. The van der Waals surface area contributed by atoms with Gasteiger partial charge in [0, 0.05) is 30.5 Å². The summed E-state index contributed by atoms with van der Waals surface area (Å²) in [4.78, 5) is 15.2. The Morgan fingerprint density at radius 1 is 1.07 bits per heavy atom. The number of aromatic hydroxyl groups is 1. The molecule has 1 aromatic heterocycles. The molecule has 1 N–H and O–H groups in total. The minimum Gasteiger partial charge on any atom is -0.508 e. The van der Waals surface area contributed by atoms with Gasteiger partial charge in [0.15, 0.2) is 0 Å². The molecule has 2 heterocycles. The molecular weight excluding hydrogens is 348 g/mol. The summed E-state index contributed by atoms with van der Waals surface area (Å²) in [5, 5.41) is 9.47. The number of rotatable bonds is 3. The Balaban J connectivity index is 1.50. The number of hydrogen-bond acceptors (Lipinski definition) is 2. The van der Waals surface area contributed by atoms with E-state index in [9.17, 15) is 9.90 Å². The molecule has 1 saturated carbocycles. The molecule has 0 bridgehead atoms. The number of benzene rings is 1. The largest absolute Gasteiger partial charge is 0.508 e. The second-order valence-corrected chi connectivity index (χ2v) is 8.22. The smallest absolute Gasteiger partial charge is 0.255 e. The third-order valence-corrected chi connectivity index (χ3v) is 6.39. The highest BCUT2D eigenvalue weighted by Gasteiger charge is 2.26. The number of hydrogen-bond donors (Lipinski definition) is 1. The monoisotopic (exact) mass is 378 g/mol. The minimum atomic E-state index is 0.149. The van der Waals surface area contributed by atoms with Crippen molar-refractivity contribution in [2.24, 2.45) is 0 Å². The zero-order valence-electron chi connectivity index (χ0n) is 16.9. The molecule has 1 fully saturated rings. The Morgan fingerprint density at radius 3 is 2.43 bits per heavy atom. The molecule has 1 aliphatic heterocycles. The third kappa shape index (κ3) is 3.60. The molecule has 1 amide bonds. The lowest BCUT2D eigenvalue weighted by Gasteiger charge is -2.28. The van der Waals surface area contributed by atoms with E-state index in [1.54, 1.807) is 12.1 Å². The van der Waals surface area contributed by atoms with E-state index in [1.165, 1.54) is 43.4 Å². The van der Waals surface area contributed by atoms with Crippen molar-refractivity contribution in [2.45, 2.75) is 58.4 Å². The number of phenolic OH excluding ortho intramolecular Hbond substituents is 1. The fourth-order valence-corrected chi connectivity index (χ4v) is 4.86. The van der Waals surface area contributed by atoms with Crippen LogP contribution >= 0.6 is 0 Å². The highest BCUT2D eigenvalue weighted by molar-refractivity contribution is 5.96. The van der Waals surface area contributed by atoms with Gasteiger partial charge in [0.25, 0.3) is 5.91 Å². The van der Waals surface area contributed by atoms with E-state index in [1.807, 2.05) is 17.0 Å². The normalized spacial score (nSPS) is 18.2. The zero-order valence-corrected chi connectivity index (χ0v) is 16.9. The van der Waals surface area contributed by atoms with Gasteiger partial charge in [-0.25, -0.2) is 0 Å². The van der Waals surface area contributed by atoms with E-state index in [0.717, 1.165) is 29.8 Å². The van der Waals surface area contributed by atoms with Crippen LogP contribution in [0.1, 0.15) is 71.9 Å². The van der Waals surface area contributed by atoms with Crippen molar-refractivity contribution in [1.82, 2.24) is 9.47 Å². The van der Waals surface area contributed by atoms with Crippen LogP contribution in [0.2, 0.25) is 0 Å². The van der Waals surface area contributed by atoms with E-state index < -0.39 is 0 Å². The van der Waals surface area contributed by atoms with Crippen molar-refractivity contribution < 1.29 is 9.90 Å². The molecule has 0 spiro atoms. The van der Waals surface area contributed by atoms with E-state index in [4.69, 9.17) is 0 Å². The van der Waals surface area contributed by atoms with E-state index in [0.29, 0.717) is 12.6 Å². The van der Waals surface area contributed by atoms with Crippen LogP contribution in [-0.4, -0.2) is 33.6 Å². The molecule has 0 saturated heterocycles. The first-order valence-corrected chi connectivity index (χ1v) is 10.5. The van der Waals surface area contributed by atoms with Gasteiger partial charge < -0.3 is 14.6 Å². The van der Waals surface area contributed by atoms with Crippen molar-refractivity contribution in [3.05, 3.63) is 58.9 Å². The van der Waals surface area contributed by atoms with Gasteiger partial charge in [0.05, 0.1) is 5.56 Å². The maximum Gasteiger partial charge on any atom is 0.255 e. The van der Waals surface area contributed by atoms with Gasteiger partial charge in [-0.05, 0) is 62.4 Å². The van der Waals surface area contributed by atoms with Gasteiger partial charge in [-0.2, -0.15) is 0 Å². The zero-order chi connectivity index (χ0) is 19.7. The Morgan fingerprint density at radius 2 is 1.79 bits per heavy atom. The number of nitrogens with zero attached hydrogens (tertiary/aromatic N) is 2. The number of aryl methyl sites for hydroxylation is 1. The van der Waals surface area contributed by atoms with Gasteiger partial charge in [-0.1, -0.05) is 37.5 Å². The van der Waals surface area contributed by atoms with Crippen LogP contribution in [0.5, 0.6) is 5.75 Å². The molecule has 2 aromatic rings. The van der Waals surface area contributed by atoms with Crippen molar-refractivity contribution in [1.29, 1.82) is 0 Å². The molecule has 4 nitrogen and oxygen atoms in total. The SMILES string of the molecule is Cc1cc(C(=O)N2CC=C(c3ccc(O)cc3)CC2)c(C)n1C1CCCCC1. The van der Waals surface area contributed by atoms with Crippen LogP contribution in [0, 0.1) is 13.8 Å². The predicted octanol–water partition coefficient (Wildman–Crippen LogP) is 5.25. The Kier molecular flexibility index (Phi) is 5.29. The molecule has 0 atom stereocenters. The van der Waals surface area contributed by atoms with Crippen molar-refractivity contribution in [3.63, 3.8) is 0 Å². The lowest BCUT2D eigenvalue weighted by molar-refractivity contribution is 0.0772. The number of phenols is 1. The standard InChI is InChI=1S/C24H30N2O2/c1-17-16-23(18(2)26(17)21-6-4-3-5-7-21)24(28)25-14-12-20(13-15-25)19-8-10-22(27)11-9-19/h8-12,16,21,27H,3-7,13-15H2,1-2H3. The first kappa shape index (κ1) is 18.9. The highest BCUT2D eigenvalue weighted by atomic mass is 16.3. The average molecular weight is 379 g/mol. The highest BCUT2D eigenvalue weighted by Crippen LogP contribution is 2.33. The predicted molar refractivity (Wildman–Crippen MR) is 113 cm³/mol. The summed E-state index contributed by atoms with van der Waals surface area (Å²) in [5.41, 5.74) is 5.58. The van der Waals surface area contributed by atoms with Gasteiger partial charge in [0.1, 0.15) is 5.75 Å². The van der Waals surface area contributed by atoms with Crippen LogP contribution in [0.15, 0.2) is 36.4 Å². The van der Waals surface area contributed by atoms with Gasteiger partial charge in [-0.3, -0.25) is 4.79 Å². The van der Waals surface area contributed by atoms with Crippen LogP contribution in [-0.2, 0) is 0 Å². The summed E-state index contributed by atoms with van der Waals surface area (Å²) in [6.07, 6.45) is 9.37. The van der Waals surface area contributed by atoms with Crippen LogP contribution in [0.3, 0.4) is 0 Å². The summed E-state index contributed by atoms with van der Waals surface area (Å²) in [5.74, 6) is 0.432. The second kappa shape index (κ2) is 7.86. The summed E-state index contributed by atoms with van der Waals surface area (Å²) < 4.78 is 2.41. The first-order chi connectivity index (χ1) is 13.5. The fraction of sp³-hybridized carbons (Fsp3) is 0.458. The lowest BCUT2D eigenvalue weighted by Crippen LogP contribution is -2.35. The second-order valence-electron chi connectivity index (χ2n) is 8.22. The Labute approximate surface area is 167 Å². The first-order valence-electron chi connectivity index (χ1n) is 10.5. The van der Waals surface area contributed by atoms with Gasteiger partial charge >= 0.3 is 0 Å². The maximum atomic E-state index is 13.2. The topological polar surface area (TPSA) is 45.5 Å². The molecule has 148 valence electrons. The lowest BCUT2D eigenvalue weighted by atomic mass is 9.95. The fourth-order valence-electron chi connectivity index (χ4n) is 4.86. The van der Waals surface area contributed by atoms with Crippen molar-refractivity contribution in [3.8, 4) is 5.75 Å². The summed E-state index contributed by atoms with van der Waals surface area (Å²) in [6, 6.07) is 9.96. The number of aromatic nitrogens is 1. The van der Waals surface area contributed by atoms with E-state index >= 15 is 0 Å². The molecule has 1 aliphatic carbocycles. The molecule has 0 radical (unpaired) electrons. The average Bonchev–Trinajstić information content (AvgIpc) is 3.03. The van der Waals surface area contributed by atoms with Gasteiger partial charge in [0.2, 0.25) is 0 Å². The molecule has 1 aromatic carbocycles. The summed E-state index contributed by atoms with van der Waals surface area (Å²) in [7, 11) is 0. The van der Waals surface area contributed by atoms with Crippen LogP contribution in [0.4, 0.5) is 0 Å². The third-order valence-electron chi connectivity index (χ3n) is 6.39. The Bertz CT molecular complexity index is 886. The number of amides is 1. The quantitative estimate of drug-likeness (QED) is 0.793. The van der Waals surface area contributed by atoms with Crippen molar-refractivity contribution in [2.75, 3.05) is 13.1 Å². The van der Waals surface area contributed by atoms with Gasteiger partial charge in [-0.15, -0.1) is 0 Å². The molecule has 28 heavy (non-hydrogen) atoms. The molecule has 4 rings (SSSR count). The maximum absolute atomic E-state index is 13.2. The van der Waals surface area contributed by atoms with Crippen LogP contribution < -0.4 is 0 Å². The van der Waals surface area contributed by atoms with E-state index in [2.05, 4.69) is 30.6 Å². The molecule has 2 aliphatic rings. The number of carbonyl (C=O) groups excluding carboxylic acids is 1. The van der Waals surface area contributed by atoms with Crippen molar-refractivity contribution >= 4 is 11.5 Å². The molecular formula is C24H30N2O2. The molecule has 0 unspecified atom stereocenters. The Hall–Kier alpha value is -2.49. The minimum absolute atomic E-state index is 0.149. The van der Waals surface area contributed by atoms with E-state index in [-0.39, 0.29) is 11.7 Å². The summed E-state index contributed by atoms with van der Waals surface area (Å²) in [6.45, 7) is 5.62. The summed E-state index contributed by atoms with van der Waals surface area (Å²) >= 11 is 0.